The Kier molecular flexibility index (Phi) is 6.91. The summed E-state index contributed by atoms with van der Waals surface area (Å²) in [5.41, 5.74) is 1.92. The van der Waals surface area contributed by atoms with Crippen LogP contribution in [0, 0.1) is 13.8 Å². The number of hydrogen-bond donors (Lipinski definition) is 1. The lowest BCUT2D eigenvalue weighted by Gasteiger charge is -2.25. The van der Waals surface area contributed by atoms with Crippen LogP contribution < -0.4 is 5.32 Å². The standard InChI is InChI=1S/C20H26N2O2S/c1-14-12-17(15(2)25-14)19(23)10-11-20(24)21-13-18(22(3)4)16-8-6-5-7-9-16/h5-9,12,18H,10-11,13H2,1-4H3,(H,21,24)/t18-/m1/s1. The van der Waals surface area contributed by atoms with Gasteiger partial charge in [0, 0.05) is 34.7 Å². The van der Waals surface area contributed by atoms with Gasteiger partial charge in [-0.15, -0.1) is 11.3 Å². The summed E-state index contributed by atoms with van der Waals surface area (Å²) >= 11 is 1.62. The molecule has 1 heterocycles. The molecule has 1 aromatic heterocycles. The third kappa shape index (κ3) is 5.51. The highest BCUT2D eigenvalue weighted by Crippen LogP contribution is 2.22. The van der Waals surface area contributed by atoms with E-state index in [-0.39, 0.29) is 30.6 Å². The van der Waals surface area contributed by atoms with E-state index in [2.05, 4.69) is 22.3 Å². The Morgan fingerprint density at radius 1 is 1.12 bits per heavy atom. The van der Waals surface area contributed by atoms with E-state index in [0.29, 0.717) is 6.54 Å². The summed E-state index contributed by atoms with van der Waals surface area (Å²) in [6.07, 6.45) is 0.475. The van der Waals surface area contributed by atoms with Gasteiger partial charge in [-0.05, 0) is 39.6 Å². The number of likely N-dealkylation sites (N-methyl/N-ethyl adjacent to an activating group) is 1. The van der Waals surface area contributed by atoms with Crippen LogP contribution in [0.1, 0.15) is 44.6 Å². The van der Waals surface area contributed by atoms with E-state index in [0.717, 1.165) is 20.9 Å². The van der Waals surface area contributed by atoms with Gasteiger partial charge in [0.25, 0.3) is 0 Å². The van der Waals surface area contributed by atoms with Crippen molar-refractivity contribution in [1.82, 2.24) is 10.2 Å². The van der Waals surface area contributed by atoms with E-state index in [9.17, 15) is 9.59 Å². The van der Waals surface area contributed by atoms with Crippen molar-refractivity contribution in [2.75, 3.05) is 20.6 Å². The molecule has 0 saturated carbocycles. The van der Waals surface area contributed by atoms with Crippen molar-refractivity contribution in [2.24, 2.45) is 0 Å². The fourth-order valence-electron chi connectivity index (χ4n) is 2.84. The molecule has 0 spiro atoms. The number of thiophene rings is 1. The fourth-order valence-corrected chi connectivity index (χ4v) is 3.78. The van der Waals surface area contributed by atoms with Gasteiger partial charge in [0.05, 0.1) is 6.04 Å². The number of ketones is 1. The van der Waals surface area contributed by atoms with Gasteiger partial charge in [-0.2, -0.15) is 0 Å². The number of rotatable bonds is 8. The normalized spacial score (nSPS) is 12.2. The van der Waals surface area contributed by atoms with Crippen LogP contribution in [0.4, 0.5) is 0 Å². The maximum atomic E-state index is 12.3. The number of nitrogens with zero attached hydrogens (tertiary/aromatic N) is 1. The summed E-state index contributed by atoms with van der Waals surface area (Å²) < 4.78 is 0. The van der Waals surface area contributed by atoms with Crippen molar-refractivity contribution in [3.63, 3.8) is 0 Å². The smallest absolute Gasteiger partial charge is 0.220 e. The molecule has 2 rings (SSSR count). The Morgan fingerprint density at radius 2 is 1.80 bits per heavy atom. The molecule has 2 aromatic rings. The molecule has 0 aliphatic heterocycles. The molecule has 134 valence electrons. The molecule has 5 heteroatoms. The summed E-state index contributed by atoms with van der Waals surface area (Å²) in [7, 11) is 3.99. The first-order valence-electron chi connectivity index (χ1n) is 8.46. The third-order valence-corrected chi connectivity index (χ3v) is 5.19. The lowest BCUT2D eigenvalue weighted by atomic mass is 10.1. The van der Waals surface area contributed by atoms with E-state index in [1.165, 1.54) is 0 Å². The van der Waals surface area contributed by atoms with Crippen molar-refractivity contribution >= 4 is 23.0 Å². The second kappa shape index (κ2) is 8.92. The number of hydrogen-bond acceptors (Lipinski definition) is 4. The van der Waals surface area contributed by atoms with Gasteiger partial charge in [0.15, 0.2) is 5.78 Å². The number of Topliss-reactive ketones (excluding diaryl/α,β-unsaturated/α-hetero) is 1. The van der Waals surface area contributed by atoms with Crippen molar-refractivity contribution in [3.05, 3.63) is 57.3 Å². The van der Waals surface area contributed by atoms with Crippen LogP contribution in [0.2, 0.25) is 0 Å². The largest absolute Gasteiger partial charge is 0.354 e. The number of aryl methyl sites for hydroxylation is 2. The minimum atomic E-state index is -0.0827. The van der Waals surface area contributed by atoms with E-state index in [4.69, 9.17) is 0 Å². The predicted molar refractivity (Wildman–Crippen MR) is 103 cm³/mol. The minimum absolute atomic E-state index is 0.0456. The zero-order valence-corrected chi connectivity index (χ0v) is 16.2. The maximum absolute atomic E-state index is 12.3. The van der Waals surface area contributed by atoms with Crippen LogP contribution in [0.25, 0.3) is 0 Å². The average Bonchev–Trinajstić information content (AvgIpc) is 2.92. The van der Waals surface area contributed by atoms with E-state index < -0.39 is 0 Å². The SMILES string of the molecule is Cc1cc(C(=O)CCC(=O)NC[C@H](c2ccccc2)N(C)C)c(C)s1. The van der Waals surface area contributed by atoms with Gasteiger partial charge in [-0.1, -0.05) is 30.3 Å². The van der Waals surface area contributed by atoms with E-state index >= 15 is 0 Å². The van der Waals surface area contributed by atoms with Crippen LogP contribution >= 0.6 is 11.3 Å². The molecule has 0 bridgehead atoms. The molecule has 0 aliphatic rings. The molecule has 0 saturated heterocycles. The van der Waals surface area contributed by atoms with E-state index in [1.807, 2.05) is 52.2 Å². The molecular weight excluding hydrogens is 332 g/mol. The zero-order valence-electron chi connectivity index (χ0n) is 15.3. The second-order valence-corrected chi connectivity index (χ2v) is 7.90. The highest BCUT2D eigenvalue weighted by Gasteiger charge is 2.17. The Balaban J connectivity index is 1.85. The van der Waals surface area contributed by atoms with Crippen LogP contribution in [0.3, 0.4) is 0 Å². The number of carbonyl (C=O) groups is 2. The lowest BCUT2D eigenvalue weighted by Crippen LogP contribution is -2.34. The topological polar surface area (TPSA) is 49.4 Å². The summed E-state index contributed by atoms with van der Waals surface area (Å²) in [5.74, 6) is -0.0371. The predicted octanol–water partition coefficient (Wildman–Crippen LogP) is 3.75. The molecule has 25 heavy (non-hydrogen) atoms. The number of carbonyl (C=O) groups excluding carboxylic acids is 2. The molecule has 0 radical (unpaired) electrons. The maximum Gasteiger partial charge on any atom is 0.220 e. The van der Waals surface area contributed by atoms with Crippen LogP contribution in [0.15, 0.2) is 36.4 Å². The molecular formula is C20H26N2O2S. The monoisotopic (exact) mass is 358 g/mol. The first-order valence-corrected chi connectivity index (χ1v) is 9.28. The molecule has 0 aliphatic carbocycles. The number of benzene rings is 1. The van der Waals surface area contributed by atoms with Gasteiger partial charge in [-0.3, -0.25) is 9.59 Å². The van der Waals surface area contributed by atoms with Crippen molar-refractivity contribution < 1.29 is 9.59 Å². The summed E-state index contributed by atoms with van der Waals surface area (Å²) in [5, 5.41) is 2.96. The van der Waals surface area contributed by atoms with Gasteiger partial charge in [-0.25, -0.2) is 0 Å². The van der Waals surface area contributed by atoms with Gasteiger partial charge >= 0.3 is 0 Å². The summed E-state index contributed by atoms with van der Waals surface area (Å²) in [6.45, 7) is 4.47. The Hall–Kier alpha value is -1.98. The first kappa shape index (κ1) is 19.3. The van der Waals surface area contributed by atoms with Crippen LogP contribution in [0.5, 0.6) is 0 Å². The summed E-state index contributed by atoms with van der Waals surface area (Å²) in [4.78, 5) is 28.7. The molecule has 0 fully saturated rings. The highest BCUT2D eigenvalue weighted by atomic mass is 32.1. The van der Waals surface area contributed by atoms with Crippen molar-refractivity contribution in [3.8, 4) is 0 Å². The molecule has 4 nitrogen and oxygen atoms in total. The molecule has 0 unspecified atom stereocenters. The summed E-state index contributed by atoms with van der Waals surface area (Å²) in [6, 6.07) is 12.1. The van der Waals surface area contributed by atoms with Crippen molar-refractivity contribution in [1.29, 1.82) is 0 Å². The minimum Gasteiger partial charge on any atom is -0.354 e. The number of nitrogens with one attached hydrogen (secondary N) is 1. The Bertz CT molecular complexity index is 723. The Morgan fingerprint density at radius 3 is 2.36 bits per heavy atom. The third-order valence-electron chi connectivity index (χ3n) is 4.22. The molecule has 1 atom stereocenters. The molecule has 1 amide bonds. The van der Waals surface area contributed by atoms with Gasteiger partial charge in [0.1, 0.15) is 0 Å². The Labute approximate surface area is 153 Å². The number of amides is 1. The fraction of sp³-hybridized carbons (Fsp3) is 0.400. The molecule has 1 N–H and O–H groups in total. The van der Waals surface area contributed by atoms with Crippen LogP contribution in [-0.2, 0) is 4.79 Å². The average molecular weight is 359 g/mol. The van der Waals surface area contributed by atoms with Gasteiger partial charge < -0.3 is 10.2 Å². The second-order valence-electron chi connectivity index (χ2n) is 6.44. The van der Waals surface area contributed by atoms with Crippen molar-refractivity contribution in [2.45, 2.75) is 32.7 Å². The van der Waals surface area contributed by atoms with Gasteiger partial charge in [0.2, 0.25) is 5.91 Å². The van der Waals surface area contributed by atoms with Crippen LogP contribution in [-0.4, -0.2) is 37.2 Å². The lowest BCUT2D eigenvalue weighted by molar-refractivity contribution is -0.121. The first-order chi connectivity index (χ1) is 11.9. The quantitative estimate of drug-likeness (QED) is 0.731. The van der Waals surface area contributed by atoms with E-state index in [1.54, 1.807) is 11.3 Å². The zero-order chi connectivity index (χ0) is 18.4. The molecule has 1 aromatic carbocycles. The highest BCUT2D eigenvalue weighted by molar-refractivity contribution is 7.12.